The van der Waals surface area contributed by atoms with E-state index in [0.29, 0.717) is 12.8 Å². The van der Waals surface area contributed by atoms with Crippen molar-refractivity contribution in [2.75, 3.05) is 0 Å². The zero-order valence-electron chi connectivity index (χ0n) is 12.9. The van der Waals surface area contributed by atoms with Crippen LogP contribution in [0.5, 0.6) is 0 Å². The van der Waals surface area contributed by atoms with Crippen LogP contribution in [-0.4, -0.2) is 11.0 Å². The van der Waals surface area contributed by atoms with Gasteiger partial charge in [0.1, 0.15) is 5.82 Å². The summed E-state index contributed by atoms with van der Waals surface area (Å²) in [5.74, 6) is -1.32. The van der Waals surface area contributed by atoms with Gasteiger partial charge in [0.05, 0.1) is 0 Å². The van der Waals surface area contributed by atoms with Crippen molar-refractivity contribution >= 4 is 16.9 Å². The van der Waals surface area contributed by atoms with Gasteiger partial charge in [0.2, 0.25) is 0 Å². The molecule has 2 aromatic carbocycles. The monoisotopic (exact) mass is 319 g/mol. The molecule has 0 aliphatic heterocycles. The van der Waals surface area contributed by atoms with Gasteiger partial charge in [-0.1, -0.05) is 30.3 Å². The maximum absolute atomic E-state index is 13.2. The normalized spacial score (nSPS) is 10.5. The molecule has 1 aromatic heterocycles. The van der Waals surface area contributed by atoms with Crippen molar-refractivity contribution in [1.82, 2.24) is 4.98 Å². The number of carboxylic acids is 1. The number of halogens is 1. The van der Waals surface area contributed by atoms with E-state index in [-0.39, 0.29) is 41.8 Å². The van der Waals surface area contributed by atoms with Crippen molar-refractivity contribution in [2.24, 2.45) is 0 Å². The Balaban J connectivity index is 0.00000192. The first kappa shape index (κ1) is 17.7. The summed E-state index contributed by atoms with van der Waals surface area (Å²) in [7, 11) is 0. The molecule has 3 rings (SSSR count). The van der Waals surface area contributed by atoms with Crippen LogP contribution in [0.3, 0.4) is 0 Å². The summed E-state index contributed by atoms with van der Waals surface area (Å²) in [6.45, 7) is 0. The fourth-order valence-corrected chi connectivity index (χ4v) is 2.74. The Morgan fingerprint density at radius 2 is 1.78 bits per heavy atom. The van der Waals surface area contributed by atoms with Crippen LogP contribution in [0.1, 0.15) is 18.5 Å². The third kappa shape index (κ3) is 4.02. The molecule has 0 radical (unpaired) electrons. The van der Waals surface area contributed by atoms with Crippen molar-refractivity contribution in [3.8, 4) is 11.1 Å². The van der Waals surface area contributed by atoms with Crippen molar-refractivity contribution in [3.63, 3.8) is 0 Å². The minimum Gasteiger partial charge on any atom is -0.550 e. The van der Waals surface area contributed by atoms with E-state index in [9.17, 15) is 14.3 Å². The molecule has 0 saturated heterocycles. The largest absolute Gasteiger partial charge is 1.00 e. The van der Waals surface area contributed by atoms with Crippen LogP contribution in [0.2, 0.25) is 0 Å². The number of carbonyl (C=O) groups is 1. The number of H-pyrrole nitrogens is 1. The smallest absolute Gasteiger partial charge is 0.550 e. The van der Waals surface area contributed by atoms with E-state index in [2.05, 4.69) is 4.98 Å². The molecule has 3 aromatic rings. The minimum absolute atomic E-state index is 0. The van der Waals surface area contributed by atoms with Crippen molar-refractivity contribution in [1.29, 1.82) is 0 Å². The molecule has 3 nitrogen and oxygen atoms in total. The summed E-state index contributed by atoms with van der Waals surface area (Å²) in [6, 6.07) is 14.2. The van der Waals surface area contributed by atoms with E-state index in [1.807, 2.05) is 24.3 Å². The van der Waals surface area contributed by atoms with Gasteiger partial charge in [-0.05, 0) is 43.0 Å². The van der Waals surface area contributed by atoms with E-state index in [1.165, 1.54) is 12.1 Å². The second-order valence-electron chi connectivity index (χ2n) is 5.26. The third-order valence-electron chi connectivity index (χ3n) is 3.72. The number of aromatic amines is 1. The average Bonchev–Trinajstić information content (AvgIpc) is 2.86. The van der Waals surface area contributed by atoms with Crippen LogP contribution >= 0.6 is 0 Å². The van der Waals surface area contributed by atoms with Gasteiger partial charge in [0.15, 0.2) is 0 Å². The Labute approximate surface area is 155 Å². The van der Waals surface area contributed by atoms with Crippen LogP contribution in [0.4, 0.5) is 4.39 Å². The second-order valence-corrected chi connectivity index (χ2v) is 5.26. The summed E-state index contributed by atoms with van der Waals surface area (Å²) < 4.78 is 13.2. The number of hydrogen-bond acceptors (Lipinski definition) is 2. The molecule has 112 valence electrons. The van der Waals surface area contributed by atoms with E-state index < -0.39 is 5.97 Å². The Morgan fingerprint density at radius 1 is 1.09 bits per heavy atom. The predicted octanol–water partition coefficient (Wildman–Crippen LogP) is 0.0506. The molecule has 0 atom stereocenters. The molecule has 0 fully saturated rings. The van der Waals surface area contributed by atoms with Gasteiger partial charge in [0.25, 0.3) is 0 Å². The molecule has 1 N–H and O–H groups in total. The fourth-order valence-electron chi connectivity index (χ4n) is 2.74. The number of carbonyl (C=O) groups excluding carboxylic acids is 1. The Bertz CT molecular complexity index is 812. The number of hydrogen-bond donors (Lipinski definition) is 1. The molecule has 0 unspecified atom stereocenters. The number of fused-ring (bicyclic) bond motifs is 1. The van der Waals surface area contributed by atoms with Gasteiger partial charge in [-0.2, -0.15) is 0 Å². The molecule has 23 heavy (non-hydrogen) atoms. The number of carboxylic acid groups (broad SMARTS) is 1. The maximum Gasteiger partial charge on any atom is 1.00 e. The predicted molar refractivity (Wildman–Crippen MR) is 81.6 cm³/mol. The van der Waals surface area contributed by atoms with E-state index >= 15 is 0 Å². The van der Waals surface area contributed by atoms with Crippen LogP contribution in [0.25, 0.3) is 22.0 Å². The summed E-state index contributed by atoms with van der Waals surface area (Å²) in [4.78, 5) is 13.9. The second kappa shape index (κ2) is 7.77. The molecule has 0 saturated carbocycles. The molecule has 1 heterocycles. The first-order valence-corrected chi connectivity index (χ1v) is 7.20. The van der Waals surface area contributed by atoms with E-state index in [0.717, 1.165) is 27.7 Å². The number of nitrogens with one attached hydrogen (secondary N) is 1. The number of benzene rings is 2. The fraction of sp³-hybridized carbons (Fsp3) is 0.167. The first-order valence-electron chi connectivity index (χ1n) is 7.20. The molecule has 0 spiro atoms. The maximum atomic E-state index is 13.2. The Morgan fingerprint density at radius 3 is 2.48 bits per heavy atom. The molecule has 0 amide bonds. The third-order valence-corrected chi connectivity index (χ3v) is 3.72. The summed E-state index contributed by atoms with van der Waals surface area (Å²) in [5.41, 5.74) is 3.88. The van der Waals surface area contributed by atoms with Gasteiger partial charge in [-0.25, -0.2) is 4.39 Å². The van der Waals surface area contributed by atoms with Crippen molar-refractivity contribution in [2.45, 2.75) is 19.3 Å². The standard InChI is InChI=1S/C18H16FNO2.Na/c19-13-10-8-12(9-11-13)18-14-4-1-2-5-15(14)20-16(18)6-3-7-17(21)22;/h1-2,4-5,8-11,20H,3,6-7H2,(H,21,22);/q;+1/p-1. The molecule has 5 heteroatoms. The topological polar surface area (TPSA) is 55.9 Å². The molecule has 0 aliphatic rings. The number of aliphatic carboxylic acids is 1. The number of aromatic nitrogens is 1. The first-order chi connectivity index (χ1) is 10.6. The summed E-state index contributed by atoms with van der Waals surface area (Å²) in [6.07, 6.45) is 1.14. The van der Waals surface area contributed by atoms with Crippen molar-refractivity contribution in [3.05, 3.63) is 60.0 Å². The van der Waals surface area contributed by atoms with Gasteiger partial charge in [-0.3, -0.25) is 0 Å². The molecular weight excluding hydrogens is 304 g/mol. The van der Waals surface area contributed by atoms with Gasteiger partial charge in [-0.15, -0.1) is 0 Å². The Hall–Kier alpha value is -1.62. The number of aryl methyl sites for hydroxylation is 1. The number of rotatable bonds is 5. The van der Waals surface area contributed by atoms with Crippen LogP contribution in [-0.2, 0) is 11.2 Å². The van der Waals surface area contributed by atoms with Gasteiger partial charge < -0.3 is 14.9 Å². The molecule has 0 bridgehead atoms. The van der Waals surface area contributed by atoms with E-state index in [4.69, 9.17) is 0 Å². The zero-order valence-corrected chi connectivity index (χ0v) is 14.9. The molecule has 0 aliphatic carbocycles. The summed E-state index contributed by atoms with van der Waals surface area (Å²) in [5, 5.41) is 11.6. The number of para-hydroxylation sites is 1. The SMILES string of the molecule is O=C([O-])CCCc1[nH]c2ccccc2c1-c1ccc(F)cc1.[Na+]. The summed E-state index contributed by atoms with van der Waals surface area (Å²) >= 11 is 0. The van der Waals surface area contributed by atoms with Crippen LogP contribution in [0, 0.1) is 5.82 Å². The van der Waals surface area contributed by atoms with E-state index in [1.54, 1.807) is 12.1 Å². The van der Waals surface area contributed by atoms with Gasteiger partial charge in [0, 0.05) is 28.1 Å². The van der Waals surface area contributed by atoms with Gasteiger partial charge >= 0.3 is 29.6 Å². The Kier molecular flexibility index (Phi) is 5.99. The van der Waals surface area contributed by atoms with Crippen LogP contribution < -0.4 is 34.7 Å². The van der Waals surface area contributed by atoms with Crippen molar-refractivity contribution < 1.29 is 43.8 Å². The minimum atomic E-state index is -1.04. The molecular formula is C18H15FNNaO2. The average molecular weight is 319 g/mol. The zero-order chi connectivity index (χ0) is 15.5. The van der Waals surface area contributed by atoms with Crippen LogP contribution in [0.15, 0.2) is 48.5 Å². The quantitative estimate of drug-likeness (QED) is 0.676.